The van der Waals surface area contributed by atoms with E-state index >= 15 is 0 Å². The highest BCUT2D eigenvalue weighted by Gasteiger charge is 2.14. The first-order valence-electron chi connectivity index (χ1n) is 3.71. The summed E-state index contributed by atoms with van der Waals surface area (Å²) in [5.74, 6) is 0. The first-order chi connectivity index (χ1) is 6.08. The average molecular weight is 199 g/mol. The van der Waals surface area contributed by atoms with Crippen LogP contribution in [0, 0.1) is 6.07 Å². The Labute approximate surface area is 78.4 Å². The van der Waals surface area contributed by atoms with Gasteiger partial charge in [0.1, 0.15) is 0 Å². The van der Waals surface area contributed by atoms with Crippen LogP contribution in [0.4, 0.5) is 5.69 Å². The van der Waals surface area contributed by atoms with Gasteiger partial charge in [-0.1, -0.05) is 12.1 Å². The van der Waals surface area contributed by atoms with Crippen LogP contribution in [0.1, 0.15) is 0 Å². The van der Waals surface area contributed by atoms with Crippen molar-refractivity contribution >= 4 is 15.9 Å². The fourth-order valence-electron chi connectivity index (χ4n) is 0.864. The lowest BCUT2D eigenvalue weighted by atomic mass is 10.3. The van der Waals surface area contributed by atoms with Crippen LogP contribution in [-0.4, -0.2) is 22.5 Å². The molecule has 0 aliphatic rings. The van der Waals surface area contributed by atoms with Crippen molar-refractivity contribution in [1.82, 2.24) is 4.72 Å². The molecule has 0 saturated heterocycles. The molecule has 1 radical (unpaired) electrons. The molecular weight excluding hydrogens is 188 g/mol. The molecular formula is C8H11N2O2S. The summed E-state index contributed by atoms with van der Waals surface area (Å²) in [6.45, 7) is 0. The van der Waals surface area contributed by atoms with E-state index in [1.165, 1.54) is 18.4 Å². The predicted octanol–water partition coefficient (Wildman–Crippen LogP) is 0.387. The molecule has 0 fully saturated rings. The summed E-state index contributed by atoms with van der Waals surface area (Å²) in [5.41, 5.74) is 0.605. The minimum absolute atomic E-state index is 0.605. The van der Waals surface area contributed by atoms with Gasteiger partial charge in [0, 0.05) is 14.1 Å². The smallest absolute Gasteiger partial charge is 0.261 e. The molecule has 1 aromatic carbocycles. The Morgan fingerprint density at radius 3 is 2.38 bits per heavy atom. The van der Waals surface area contributed by atoms with Crippen LogP contribution in [0.2, 0.25) is 0 Å². The molecule has 0 heterocycles. The Kier molecular flexibility index (Phi) is 2.90. The first kappa shape index (κ1) is 10.0. The maximum Gasteiger partial charge on any atom is 0.301 e. The van der Waals surface area contributed by atoms with E-state index in [4.69, 9.17) is 0 Å². The zero-order valence-electron chi connectivity index (χ0n) is 7.48. The highest BCUT2D eigenvalue weighted by molar-refractivity contribution is 7.90. The van der Waals surface area contributed by atoms with Gasteiger partial charge in [-0.2, -0.15) is 8.42 Å². The second kappa shape index (κ2) is 3.76. The maximum atomic E-state index is 11.3. The van der Waals surface area contributed by atoms with Gasteiger partial charge in [0.05, 0.1) is 5.69 Å². The molecule has 0 aliphatic heterocycles. The van der Waals surface area contributed by atoms with Crippen molar-refractivity contribution in [1.29, 1.82) is 0 Å². The first-order valence-corrected chi connectivity index (χ1v) is 5.15. The van der Waals surface area contributed by atoms with E-state index in [2.05, 4.69) is 10.8 Å². The van der Waals surface area contributed by atoms with Crippen LogP contribution in [0.5, 0.6) is 0 Å². The fraction of sp³-hybridized carbons (Fsp3) is 0.250. The van der Waals surface area contributed by atoms with Crippen molar-refractivity contribution in [3.63, 3.8) is 0 Å². The van der Waals surface area contributed by atoms with Gasteiger partial charge in [-0.25, -0.2) is 4.72 Å². The minimum atomic E-state index is -3.38. The molecule has 71 valence electrons. The normalized spacial score (nSPS) is 11.2. The van der Waals surface area contributed by atoms with Crippen molar-refractivity contribution in [2.45, 2.75) is 0 Å². The summed E-state index contributed by atoms with van der Waals surface area (Å²) < 4.78 is 26.0. The van der Waals surface area contributed by atoms with Crippen LogP contribution in [0.15, 0.2) is 24.3 Å². The van der Waals surface area contributed by atoms with Crippen molar-refractivity contribution in [3.05, 3.63) is 30.3 Å². The van der Waals surface area contributed by atoms with E-state index in [0.29, 0.717) is 5.69 Å². The maximum absolute atomic E-state index is 11.3. The van der Waals surface area contributed by atoms with Crippen LogP contribution in [-0.2, 0) is 10.2 Å². The lowest BCUT2D eigenvalue weighted by Gasteiger charge is -2.17. The zero-order chi connectivity index (χ0) is 9.90. The zero-order valence-corrected chi connectivity index (χ0v) is 8.30. The average Bonchev–Trinajstić information content (AvgIpc) is 2.18. The van der Waals surface area contributed by atoms with Crippen molar-refractivity contribution in [3.8, 4) is 0 Å². The van der Waals surface area contributed by atoms with E-state index in [-0.39, 0.29) is 0 Å². The minimum Gasteiger partial charge on any atom is -0.261 e. The summed E-state index contributed by atoms with van der Waals surface area (Å²) in [7, 11) is -0.519. The van der Waals surface area contributed by atoms with Gasteiger partial charge in [0.25, 0.3) is 0 Å². The fourth-order valence-corrected chi connectivity index (χ4v) is 1.54. The molecule has 0 atom stereocenters. The number of nitrogens with one attached hydrogen (secondary N) is 1. The summed E-state index contributed by atoms with van der Waals surface area (Å²) in [6.07, 6.45) is 0. The lowest BCUT2D eigenvalue weighted by molar-refractivity contribution is 0.586. The summed E-state index contributed by atoms with van der Waals surface area (Å²) in [4.78, 5) is 0. The van der Waals surface area contributed by atoms with E-state index in [9.17, 15) is 8.42 Å². The Morgan fingerprint density at radius 2 is 1.92 bits per heavy atom. The van der Waals surface area contributed by atoms with Crippen LogP contribution >= 0.6 is 0 Å². The SMILES string of the molecule is CNS(=O)(=O)N(C)c1cc[c]cc1. The Bertz CT molecular complexity index is 361. The Morgan fingerprint density at radius 1 is 1.38 bits per heavy atom. The van der Waals surface area contributed by atoms with E-state index in [1.807, 2.05) is 0 Å². The summed E-state index contributed by atoms with van der Waals surface area (Å²) in [6, 6.07) is 9.49. The largest absolute Gasteiger partial charge is 0.301 e. The van der Waals surface area contributed by atoms with Crippen LogP contribution < -0.4 is 9.03 Å². The molecule has 0 spiro atoms. The van der Waals surface area contributed by atoms with Gasteiger partial charge in [0.15, 0.2) is 0 Å². The monoisotopic (exact) mass is 199 g/mol. The summed E-state index contributed by atoms with van der Waals surface area (Å²) in [5, 5.41) is 0. The summed E-state index contributed by atoms with van der Waals surface area (Å²) >= 11 is 0. The topological polar surface area (TPSA) is 49.4 Å². The number of rotatable bonds is 3. The second-order valence-electron chi connectivity index (χ2n) is 2.43. The van der Waals surface area contributed by atoms with Gasteiger partial charge in [0.2, 0.25) is 0 Å². The molecule has 1 rings (SSSR count). The number of benzene rings is 1. The van der Waals surface area contributed by atoms with Crippen molar-refractivity contribution in [2.24, 2.45) is 0 Å². The second-order valence-corrected chi connectivity index (χ2v) is 4.34. The predicted molar refractivity (Wildman–Crippen MR) is 51.7 cm³/mol. The third-order valence-corrected chi connectivity index (χ3v) is 3.13. The van der Waals surface area contributed by atoms with E-state index in [1.54, 1.807) is 24.3 Å². The quantitative estimate of drug-likeness (QED) is 0.765. The standard InChI is InChI=1S/C8H11N2O2S/c1-9-13(11,12)10(2)8-6-4-3-5-7-8/h4-7,9H,1-2H3. The van der Waals surface area contributed by atoms with Crippen molar-refractivity contribution < 1.29 is 8.42 Å². The third-order valence-electron chi connectivity index (χ3n) is 1.68. The van der Waals surface area contributed by atoms with Gasteiger partial charge >= 0.3 is 10.2 Å². The van der Waals surface area contributed by atoms with Gasteiger partial charge < -0.3 is 0 Å². The van der Waals surface area contributed by atoms with Crippen molar-refractivity contribution in [2.75, 3.05) is 18.4 Å². The molecule has 0 unspecified atom stereocenters. The highest BCUT2D eigenvalue weighted by atomic mass is 32.2. The lowest BCUT2D eigenvalue weighted by Crippen LogP contribution is -2.35. The molecule has 1 N–H and O–H groups in total. The van der Waals surface area contributed by atoms with Gasteiger partial charge in [-0.3, -0.25) is 4.31 Å². The molecule has 0 aromatic heterocycles. The molecule has 0 bridgehead atoms. The molecule has 13 heavy (non-hydrogen) atoms. The number of nitrogens with zero attached hydrogens (tertiary/aromatic N) is 1. The Balaban J connectivity index is 2.99. The van der Waals surface area contributed by atoms with Crippen LogP contribution in [0.25, 0.3) is 0 Å². The molecule has 0 saturated carbocycles. The van der Waals surface area contributed by atoms with Crippen LogP contribution in [0.3, 0.4) is 0 Å². The van der Waals surface area contributed by atoms with Gasteiger partial charge in [-0.15, -0.1) is 0 Å². The van der Waals surface area contributed by atoms with Gasteiger partial charge in [-0.05, 0) is 18.2 Å². The number of hydrogen-bond donors (Lipinski definition) is 1. The molecule has 1 aromatic rings. The molecule has 0 aliphatic carbocycles. The molecule has 4 nitrogen and oxygen atoms in total. The molecule has 0 amide bonds. The molecule has 5 heteroatoms. The van der Waals surface area contributed by atoms with E-state index < -0.39 is 10.2 Å². The Hall–Kier alpha value is -1.07. The van der Waals surface area contributed by atoms with E-state index in [0.717, 1.165) is 0 Å². The third kappa shape index (κ3) is 2.19. The number of anilines is 1. The highest BCUT2D eigenvalue weighted by Crippen LogP contribution is 2.12. The number of hydrogen-bond acceptors (Lipinski definition) is 2.